The number of hydrogen-bond donors (Lipinski definition) is 0. The Morgan fingerprint density at radius 1 is 0.667 bits per heavy atom. The molecule has 0 aromatic heterocycles. The van der Waals surface area contributed by atoms with Crippen LogP contribution in [-0.4, -0.2) is 110 Å². The molecule has 0 rings (SSSR count). The zero-order valence-corrected chi connectivity index (χ0v) is 1.22. The minimum absolute atomic E-state index is 0. The first kappa shape index (κ1) is 57.6. The van der Waals surface area contributed by atoms with Crippen molar-refractivity contribution in [3.63, 3.8) is 0 Å². The summed E-state index contributed by atoms with van der Waals surface area (Å²) in [6, 6.07) is 0. The summed E-state index contributed by atoms with van der Waals surface area (Å²) in [5.41, 5.74) is 0. The Bertz CT molecular complexity index is 10.8. The van der Waals surface area contributed by atoms with Gasteiger partial charge in [0.05, 0.1) is 0 Å². The summed E-state index contributed by atoms with van der Waals surface area (Å²) < 4.78 is 0. The molecule has 0 heterocycles. The second-order valence-electron chi connectivity index (χ2n) is 0. The van der Waals surface area contributed by atoms with Crippen LogP contribution < -0.4 is 0 Å². The van der Waals surface area contributed by atoms with E-state index < -0.39 is 0 Å². The van der Waals surface area contributed by atoms with Crippen molar-refractivity contribution < 1.29 is 14.1 Å². The Balaban J connectivity index is 0. The van der Waals surface area contributed by atoms with Gasteiger partial charge in [-0.1, -0.05) is 0 Å². The molecule has 0 bridgehead atoms. The smallest absolute Gasteiger partial charge is 0.316 e. The van der Waals surface area contributed by atoms with Gasteiger partial charge >= 0.3 is 110 Å². The van der Waals surface area contributed by atoms with Crippen molar-refractivity contribution in [3.8, 4) is 0 Å². The maximum absolute atomic E-state index is 0. The Labute approximate surface area is 121 Å². The van der Waals surface area contributed by atoms with Crippen LogP contribution in [0.15, 0.2) is 0 Å². The molecular formula is H9BaCaF3Mg. The molecule has 0 aliphatic heterocycles. The largest absolute Gasteiger partial charge is 0.316 e. The minimum Gasteiger partial charge on any atom is 0.316 e. The van der Waals surface area contributed by atoms with Gasteiger partial charge in [-0.2, -0.15) is 0 Å². The normalized spacial score (nSPS) is 0. The van der Waals surface area contributed by atoms with Gasteiger partial charge in [-0.05, 0) is 0 Å². The second-order valence-corrected chi connectivity index (χ2v) is 0. The Morgan fingerprint density at radius 3 is 0.667 bits per heavy atom. The number of hydrogen-bond acceptors (Lipinski definition) is 0. The molecule has 0 spiro atoms. The monoisotopic (exact) mass is 268 g/mol. The minimum atomic E-state index is 0. The SMILES string of the molecule is F.F.F.[BaH2].[CaH2].[MgH2]. The molecule has 0 radical (unpaired) electrons. The van der Waals surface area contributed by atoms with E-state index in [1.807, 2.05) is 0 Å². The molecule has 0 saturated heterocycles. The van der Waals surface area contributed by atoms with Crippen molar-refractivity contribution in [2.75, 3.05) is 0 Å². The molecule has 0 aliphatic carbocycles. The van der Waals surface area contributed by atoms with Gasteiger partial charge < -0.3 is 0 Å². The first-order valence-corrected chi connectivity index (χ1v) is 0. The van der Waals surface area contributed by atoms with Crippen molar-refractivity contribution in [1.82, 2.24) is 0 Å². The van der Waals surface area contributed by atoms with E-state index in [1.54, 1.807) is 0 Å². The first-order chi connectivity index (χ1) is 0. The molecule has 0 aliphatic rings. The van der Waals surface area contributed by atoms with Gasteiger partial charge in [-0.15, -0.1) is 0 Å². The average molecular weight is 268 g/mol. The molecule has 0 atom stereocenters. The third-order valence-corrected chi connectivity index (χ3v) is 0. The molecule has 6 heavy (non-hydrogen) atoms. The van der Waals surface area contributed by atoms with Crippen molar-refractivity contribution in [1.29, 1.82) is 0 Å². The van der Waals surface area contributed by atoms with Crippen molar-refractivity contribution >= 4 is 110 Å². The maximum atomic E-state index is 0. The summed E-state index contributed by atoms with van der Waals surface area (Å²) in [5, 5.41) is 0. The molecule has 0 aromatic carbocycles. The van der Waals surface area contributed by atoms with Crippen LogP contribution in [0.2, 0.25) is 0 Å². The molecule has 36 valence electrons. The molecule has 6 heteroatoms. The number of rotatable bonds is 0. The van der Waals surface area contributed by atoms with E-state index in [-0.39, 0.29) is 124 Å². The van der Waals surface area contributed by atoms with Crippen molar-refractivity contribution in [2.45, 2.75) is 0 Å². The Kier molecular flexibility index (Phi) is 383. The zero-order chi connectivity index (χ0) is 0. The molecular weight excluding hydrogens is 259 g/mol. The van der Waals surface area contributed by atoms with Crippen LogP contribution in [0.4, 0.5) is 14.1 Å². The first-order valence-electron chi connectivity index (χ1n) is 0. The standard InChI is InChI=1S/Ba.Ca.3FH.Mg.6H/h;;3*1H;;;;;;;. The molecule has 0 saturated carbocycles. The fraction of sp³-hybridized carbons (Fsp3) is 0. The third-order valence-electron chi connectivity index (χ3n) is 0. The maximum Gasteiger partial charge on any atom is 0.316 e. The summed E-state index contributed by atoms with van der Waals surface area (Å²) in [4.78, 5) is 0. The zero-order valence-electron chi connectivity index (χ0n) is 1.22. The van der Waals surface area contributed by atoms with Gasteiger partial charge in [-0.3, -0.25) is 14.1 Å². The van der Waals surface area contributed by atoms with E-state index in [0.717, 1.165) is 0 Å². The molecule has 0 nitrogen and oxygen atoms in total. The van der Waals surface area contributed by atoms with Gasteiger partial charge in [0.25, 0.3) is 0 Å². The molecule has 0 aromatic rings. The van der Waals surface area contributed by atoms with Crippen LogP contribution >= 0.6 is 0 Å². The van der Waals surface area contributed by atoms with Crippen molar-refractivity contribution in [2.24, 2.45) is 0 Å². The second kappa shape index (κ2) is 39.9. The third kappa shape index (κ3) is 26.3. The van der Waals surface area contributed by atoms with Crippen LogP contribution in [0.5, 0.6) is 0 Å². The summed E-state index contributed by atoms with van der Waals surface area (Å²) in [6.07, 6.45) is 0. The Hall–Kier alpha value is 3.39. The van der Waals surface area contributed by atoms with Crippen LogP contribution in [0.1, 0.15) is 0 Å². The van der Waals surface area contributed by atoms with Gasteiger partial charge in [0, 0.05) is 0 Å². The van der Waals surface area contributed by atoms with E-state index in [9.17, 15) is 0 Å². The van der Waals surface area contributed by atoms with Crippen molar-refractivity contribution in [3.05, 3.63) is 0 Å². The molecule has 0 N–H and O–H groups in total. The number of halogens is 3. The van der Waals surface area contributed by atoms with Crippen LogP contribution in [0.25, 0.3) is 0 Å². The summed E-state index contributed by atoms with van der Waals surface area (Å²) in [5.74, 6) is 0. The molecule has 0 fully saturated rings. The molecule has 0 amide bonds. The predicted molar refractivity (Wildman–Crippen MR) is 33.1 cm³/mol. The van der Waals surface area contributed by atoms with Gasteiger partial charge in [0.2, 0.25) is 0 Å². The van der Waals surface area contributed by atoms with Crippen LogP contribution in [-0.2, 0) is 0 Å². The Morgan fingerprint density at radius 2 is 0.667 bits per heavy atom. The van der Waals surface area contributed by atoms with Crippen LogP contribution in [0, 0.1) is 0 Å². The topological polar surface area (TPSA) is 0 Å². The van der Waals surface area contributed by atoms with E-state index in [2.05, 4.69) is 0 Å². The quantitative estimate of drug-likeness (QED) is 0.434. The van der Waals surface area contributed by atoms with E-state index in [1.165, 1.54) is 0 Å². The molecule has 0 unspecified atom stereocenters. The van der Waals surface area contributed by atoms with Gasteiger partial charge in [0.15, 0.2) is 0 Å². The van der Waals surface area contributed by atoms with Gasteiger partial charge in [-0.25, -0.2) is 0 Å². The van der Waals surface area contributed by atoms with E-state index >= 15 is 0 Å². The average Bonchev–Trinajstić information content (AvgIpc) is 0. The summed E-state index contributed by atoms with van der Waals surface area (Å²) in [7, 11) is 0. The fourth-order valence-corrected chi connectivity index (χ4v) is 0. The summed E-state index contributed by atoms with van der Waals surface area (Å²) >= 11 is 0. The van der Waals surface area contributed by atoms with Crippen LogP contribution in [0.3, 0.4) is 0 Å². The van der Waals surface area contributed by atoms with E-state index in [0.29, 0.717) is 0 Å². The fourth-order valence-electron chi connectivity index (χ4n) is 0. The van der Waals surface area contributed by atoms with Gasteiger partial charge in [0.1, 0.15) is 0 Å². The summed E-state index contributed by atoms with van der Waals surface area (Å²) in [6.45, 7) is 0. The predicted octanol–water partition coefficient (Wildman–Crippen LogP) is -2.29. The van der Waals surface area contributed by atoms with E-state index in [4.69, 9.17) is 0 Å².